The first-order valence-corrected chi connectivity index (χ1v) is 6.85. The van der Waals surface area contributed by atoms with E-state index in [1.54, 1.807) is 0 Å². The second-order valence-electron chi connectivity index (χ2n) is 4.12. The van der Waals surface area contributed by atoms with E-state index in [-0.39, 0.29) is 12.2 Å². The van der Waals surface area contributed by atoms with Crippen molar-refractivity contribution in [1.82, 2.24) is 0 Å². The van der Waals surface area contributed by atoms with Crippen LogP contribution >= 0.6 is 11.8 Å². The molecule has 0 unspecified atom stereocenters. The van der Waals surface area contributed by atoms with Gasteiger partial charge in [0.15, 0.2) is 0 Å². The maximum Gasteiger partial charge on any atom is 0.446 e. The third kappa shape index (κ3) is 5.35. The van der Waals surface area contributed by atoms with E-state index in [0.717, 1.165) is 6.07 Å². The monoisotopic (exact) mass is 357 g/mol. The highest BCUT2D eigenvalue weighted by Gasteiger charge is 2.40. The number of alkyl halides is 6. The SMILES string of the molecule is CCOC(=O)Cc1ccc(C(F)(F)F)c(SC(F)(F)F)c1C#N. The molecule has 126 valence electrons. The zero-order valence-electron chi connectivity index (χ0n) is 11.5. The van der Waals surface area contributed by atoms with Gasteiger partial charge in [-0.2, -0.15) is 31.6 Å². The molecule has 0 saturated carbocycles. The van der Waals surface area contributed by atoms with Gasteiger partial charge < -0.3 is 4.74 Å². The maximum atomic E-state index is 12.9. The van der Waals surface area contributed by atoms with Gasteiger partial charge in [0.05, 0.1) is 24.2 Å². The normalized spacial score (nSPS) is 11.9. The number of ether oxygens (including phenoxy) is 1. The summed E-state index contributed by atoms with van der Waals surface area (Å²) in [6.45, 7) is 1.48. The topological polar surface area (TPSA) is 50.1 Å². The standard InChI is InChI=1S/C13H9F6NO2S/c1-2-22-10(21)5-7-3-4-9(12(14,15)16)11(8(7)6-20)23-13(17,18)19/h3-4H,2,5H2,1H3. The summed E-state index contributed by atoms with van der Waals surface area (Å²) >= 11 is -1.03. The third-order valence-electron chi connectivity index (χ3n) is 2.52. The number of carbonyl (C=O) groups is 1. The summed E-state index contributed by atoms with van der Waals surface area (Å²) in [7, 11) is 0. The van der Waals surface area contributed by atoms with Crippen LogP contribution in [0.1, 0.15) is 23.6 Å². The molecule has 0 aromatic heterocycles. The first kappa shape index (κ1) is 19.2. The van der Waals surface area contributed by atoms with Crippen molar-refractivity contribution >= 4 is 17.7 Å². The van der Waals surface area contributed by atoms with Crippen molar-refractivity contribution in [3.05, 3.63) is 28.8 Å². The lowest BCUT2D eigenvalue weighted by atomic mass is 10.0. The average Bonchev–Trinajstić information content (AvgIpc) is 2.35. The lowest BCUT2D eigenvalue weighted by Gasteiger charge is -2.17. The summed E-state index contributed by atoms with van der Waals surface area (Å²) in [5.41, 5.74) is -7.70. The molecule has 0 saturated heterocycles. The van der Waals surface area contributed by atoms with Gasteiger partial charge in [-0.3, -0.25) is 4.79 Å². The van der Waals surface area contributed by atoms with E-state index in [0.29, 0.717) is 6.07 Å². The van der Waals surface area contributed by atoms with Crippen molar-refractivity contribution in [1.29, 1.82) is 5.26 Å². The van der Waals surface area contributed by atoms with E-state index in [2.05, 4.69) is 4.74 Å². The predicted molar refractivity (Wildman–Crippen MR) is 68.4 cm³/mol. The molecule has 1 aromatic carbocycles. The number of halogens is 6. The van der Waals surface area contributed by atoms with Crippen molar-refractivity contribution in [3.8, 4) is 6.07 Å². The largest absolute Gasteiger partial charge is 0.466 e. The highest BCUT2D eigenvalue weighted by Crippen LogP contribution is 2.46. The molecular weight excluding hydrogens is 348 g/mol. The smallest absolute Gasteiger partial charge is 0.446 e. The van der Waals surface area contributed by atoms with E-state index in [4.69, 9.17) is 5.26 Å². The molecular formula is C13H9F6NO2S. The fourth-order valence-corrected chi connectivity index (χ4v) is 2.51. The van der Waals surface area contributed by atoms with E-state index in [1.165, 1.54) is 13.0 Å². The number of rotatable bonds is 4. The highest BCUT2D eigenvalue weighted by molar-refractivity contribution is 8.00. The molecule has 0 aliphatic carbocycles. The Labute approximate surface area is 131 Å². The Kier molecular flexibility index (Phi) is 5.93. The van der Waals surface area contributed by atoms with E-state index in [9.17, 15) is 31.1 Å². The lowest BCUT2D eigenvalue weighted by Crippen LogP contribution is -2.14. The summed E-state index contributed by atoms with van der Waals surface area (Å²) in [4.78, 5) is 10.1. The van der Waals surface area contributed by atoms with Crippen molar-refractivity contribution in [2.75, 3.05) is 6.61 Å². The summed E-state index contributed by atoms with van der Waals surface area (Å²) < 4.78 is 80.8. The van der Waals surface area contributed by atoms with Crippen molar-refractivity contribution < 1.29 is 35.9 Å². The van der Waals surface area contributed by atoms with E-state index >= 15 is 0 Å². The van der Waals surface area contributed by atoms with Crippen molar-refractivity contribution in [3.63, 3.8) is 0 Å². The Morgan fingerprint density at radius 1 is 1.26 bits per heavy atom. The van der Waals surface area contributed by atoms with Gasteiger partial charge >= 0.3 is 17.7 Å². The van der Waals surface area contributed by atoms with Crippen LogP contribution in [0.2, 0.25) is 0 Å². The molecule has 0 spiro atoms. The second-order valence-corrected chi connectivity index (χ2v) is 5.19. The number of hydrogen-bond acceptors (Lipinski definition) is 4. The predicted octanol–water partition coefficient (Wildman–Crippen LogP) is 4.29. The molecule has 0 fully saturated rings. The molecule has 0 atom stereocenters. The van der Waals surface area contributed by atoms with Crippen LogP contribution in [0, 0.1) is 11.3 Å². The van der Waals surface area contributed by atoms with Crippen molar-refractivity contribution in [2.45, 2.75) is 29.9 Å². The van der Waals surface area contributed by atoms with Gasteiger partial charge in [-0.25, -0.2) is 0 Å². The van der Waals surface area contributed by atoms with E-state index in [1.807, 2.05) is 0 Å². The Balaban J connectivity index is 3.46. The Hall–Kier alpha value is -1.89. The zero-order chi connectivity index (χ0) is 17.8. The minimum Gasteiger partial charge on any atom is -0.466 e. The molecule has 0 bridgehead atoms. The minimum absolute atomic E-state index is 0.00842. The van der Waals surface area contributed by atoms with Crippen LogP contribution in [-0.4, -0.2) is 18.1 Å². The highest BCUT2D eigenvalue weighted by atomic mass is 32.2. The maximum absolute atomic E-state index is 12.9. The summed E-state index contributed by atoms with van der Waals surface area (Å²) in [5.74, 6) is -0.855. The van der Waals surface area contributed by atoms with Gasteiger partial charge in [0.25, 0.3) is 0 Å². The molecule has 0 amide bonds. The molecule has 0 aliphatic heterocycles. The van der Waals surface area contributed by atoms with Crippen LogP contribution in [0.5, 0.6) is 0 Å². The molecule has 1 rings (SSSR count). The first-order chi connectivity index (χ1) is 10.5. The summed E-state index contributed by atoms with van der Waals surface area (Å²) in [6, 6.07) is 2.54. The van der Waals surface area contributed by atoms with E-state index < -0.39 is 51.9 Å². The fourth-order valence-electron chi connectivity index (χ4n) is 1.71. The Morgan fingerprint density at radius 2 is 1.87 bits per heavy atom. The van der Waals surface area contributed by atoms with Crippen LogP contribution in [0.4, 0.5) is 26.3 Å². The quantitative estimate of drug-likeness (QED) is 0.458. The Morgan fingerprint density at radius 3 is 2.30 bits per heavy atom. The van der Waals surface area contributed by atoms with Gasteiger partial charge in [0.1, 0.15) is 6.07 Å². The average molecular weight is 357 g/mol. The van der Waals surface area contributed by atoms with Crippen LogP contribution in [0.15, 0.2) is 17.0 Å². The zero-order valence-corrected chi connectivity index (χ0v) is 12.3. The second kappa shape index (κ2) is 7.12. The molecule has 0 radical (unpaired) electrons. The number of hydrogen-bond donors (Lipinski definition) is 0. The van der Waals surface area contributed by atoms with Crippen LogP contribution in [-0.2, 0) is 22.1 Å². The fraction of sp³-hybridized carbons (Fsp3) is 0.385. The number of nitrogens with zero attached hydrogens (tertiary/aromatic N) is 1. The van der Waals surface area contributed by atoms with Crippen molar-refractivity contribution in [2.24, 2.45) is 0 Å². The number of thioether (sulfide) groups is 1. The van der Waals surface area contributed by atoms with Gasteiger partial charge in [-0.15, -0.1) is 0 Å². The van der Waals surface area contributed by atoms with Crippen LogP contribution in [0.25, 0.3) is 0 Å². The molecule has 0 N–H and O–H groups in total. The summed E-state index contributed by atoms with van der Waals surface area (Å²) in [5, 5.41) is 8.98. The molecule has 10 heteroatoms. The van der Waals surface area contributed by atoms with Crippen LogP contribution in [0.3, 0.4) is 0 Å². The number of nitriles is 1. The molecule has 1 aromatic rings. The lowest BCUT2D eigenvalue weighted by molar-refractivity contribution is -0.142. The van der Waals surface area contributed by atoms with Gasteiger partial charge in [0.2, 0.25) is 0 Å². The third-order valence-corrected chi connectivity index (χ3v) is 3.38. The van der Waals surface area contributed by atoms with Gasteiger partial charge in [0, 0.05) is 4.90 Å². The number of carbonyl (C=O) groups excluding carboxylic acids is 1. The minimum atomic E-state index is -5.07. The molecule has 0 aliphatic rings. The number of esters is 1. The van der Waals surface area contributed by atoms with Gasteiger partial charge in [-0.1, -0.05) is 6.07 Å². The first-order valence-electron chi connectivity index (χ1n) is 6.04. The Bertz CT molecular complexity index is 633. The molecule has 23 heavy (non-hydrogen) atoms. The van der Waals surface area contributed by atoms with Crippen LogP contribution < -0.4 is 0 Å². The molecule has 3 nitrogen and oxygen atoms in total. The van der Waals surface area contributed by atoms with Gasteiger partial charge in [-0.05, 0) is 30.3 Å². The number of benzene rings is 1. The summed E-state index contributed by atoms with van der Waals surface area (Å²) in [6.07, 6.45) is -5.66. The molecule has 0 heterocycles.